The van der Waals surface area contributed by atoms with E-state index >= 15 is 0 Å². The number of carboxylic acid groups (broad SMARTS) is 1. The van der Waals surface area contributed by atoms with Crippen molar-refractivity contribution in [3.8, 4) is 6.07 Å². The predicted molar refractivity (Wildman–Crippen MR) is 84.8 cm³/mol. The van der Waals surface area contributed by atoms with E-state index in [1.807, 2.05) is 18.2 Å². The van der Waals surface area contributed by atoms with Gasteiger partial charge in [0.1, 0.15) is 0 Å². The Labute approximate surface area is 129 Å². The highest BCUT2D eigenvalue weighted by Crippen LogP contribution is 2.45. The van der Waals surface area contributed by atoms with Gasteiger partial charge in [-0.3, -0.25) is 4.79 Å². The van der Waals surface area contributed by atoms with Crippen LogP contribution in [0.2, 0.25) is 0 Å². The molecule has 0 aliphatic heterocycles. The van der Waals surface area contributed by atoms with Gasteiger partial charge in [0.25, 0.3) is 0 Å². The highest BCUT2D eigenvalue weighted by molar-refractivity contribution is 5.87. The number of aromatic nitrogens is 1. The molecule has 4 heteroatoms. The zero-order valence-electron chi connectivity index (χ0n) is 12.8. The van der Waals surface area contributed by atoms with Gasteiger partial charge in [-0.05, 0) is 43.4 Å². The first-order chi connectivity index (χ1) is 10.6. The van der Waals surface area contributed by atoms with Crippen LogP contribution in [0.5, 0.6) is 0 Å². The number of aliphatic carboxylic acids is 1. The highest BCUT2D eigenvalue weighted by atomic mass is 16.4. The molecule has 0 saturated carbocycles. The summed E-state index contributed by atoms with van der Waals surface area (Å²) >= 11 is 0. The molecule has 114 valence electrons. The lowest BCUT2D eigenvalue weighted by Gasteiger charge is -2.36. The van der Waals surface area contributed by atoms with Crippen LogP contribution < -0.4 is 0 Å². The van der Waals surface area contributed by atoms with Crippen molar-refractivity contribution < 1.29 is 9.90 Å². The van der Waals surface area contributed by atoms with Gasteiger partial charge in [0, 0.05) is 22.0 Å². The third-order valence-corrected chi connectivity index (χ3v) is 4.87. The standard InChI is InChI=1S/C18H20N2O2/c1-2-7-18(10-16(21)22)8-3-4-14-13-6-5-12(11-19)9-15(13)20-17(14)18/h5-6,9,20H,2-4,7-8,10H2,1H3,(H,21,22). The number of aromatic amines is 1. The van der Waals surface area contributed by atoms with Crippen LogP contribution >= 0.6 is 0 Å². The van der Waals surface area contributed by atoms with Crippen molar-refractivity contribution in [1.82, 2.24) is 4.98 Å². The Morgan fingerprint density at radius 2 is 2.32 bits per heavy atom. The third kappa shape index (κ3) is 2.27. The Morgan fingerprint density at radius 1 is 1.50 bits per heavy atom. The van der Waals surface area contributed by atoms with Gasteiger partial charge >= 0.3 is 5.97 Å². The van der Waals surface area contributed by atoms with Gasteiger partial charge in [-0.15, -0.1) is 0 Å². The van der Waals surface area contributed by atoms with Gasteiger partial charge in [-0.2, -0.15) is 5.26 Å². The summed E-state index contributed by atoms with van der Waals surface area (Å²) < 4.78 is 0. The van der Waals surface area contributed by atoms with Crippen LogP contribution in [0.1, 0.15) is 55.8 Å². The van der Waals surface area contributed by atoms with Gasteiger partial charge in [0.15, 0.2) is 0 Å². The molecule has 0 fully saturated rings. The molecular weight excluding hydrogens is 276 g/mol. The SMILES string of the molecule is CCCC1(CC(=O)O)CCCc2c1[nH]c1cc(C#N)ccc21. The summed E-state index contributed by atoms with van der Waals surface area (Å²) in [5.74, 6) is -0.738. The van der Waals surface area contributed by atoms with Crippen LogP contribution in [0, 0.1) is 11.3 Å². The Kier molecular flexibility index (Phi) is 3.66. The number of fused-ring (bicyclic) bond motifs is 3. The lowest BCUT2D eigenvalue weighted by molar-refractivity contribution is -0.138. The molecule has 0 amide bonds. The Morgan fingerprint density at radius 3 is 3.00 bits per heavy atom. The van der Waals surface area contributed by atoms with Crippen molar-refractivity contribution in [3.05, 3.63) is 35.0 Å². The van der Waals surface area contributed by atoms with E-state index in [2.05, 4.69) is 18.0 Å². The fourth-order valence-corrected chi connectivity index (χ4v) is 4.05. The van der Waals surface area contributed by atoms with Gasteiger partial charge in [-0.25, -0.2) is 0 Å². The number of aryl methyl sites for hydroxylation is 1. The second-order valence-electron chi connectivity index (χ2n) is 6.31. The number of H-pyrrole nitrogens is 1. The largest absolute Gasteiger partial charge is 0.481 e. The van der Waals surface area contributed by atoms with E-state index in [0.717, 1.165) is 48.7 Å². The first kappa shape index (κ1) is 14.6. The average Bonchev–Trinajstić information content (AvgIpc) is 2.86. The van der Waals surface area contributed by atoms with E-state index < -0.39 is 5.97 Å². The molecule has 2 aromatic rings. The average molecular weight is 296 g/mol. The Bertz CT molecular complexity index is 769. The summed E-state index contributed by atoms with van der Waals surface area (Å²) in [7, 11) is 0. The summed E-state index contributed by atoms with van der Waals surface area (Å²) in [5, 5.41) is 19.6. The normalized spacial score (nSPS) is 20.5. The van der Waals surface area contributed by atoms with Crippen LogP contribution in [0.25, 0.3) is 10.9 Å². The fourth-order valence-electron chi connectivity index (χ4n) is 4.05. The first-order valence-corrected chi connectivity index (χ1v) is 7.86. The minimum atomic E-state index is -0.738. The number of nitriles is 1. The summed E-state index contributed by atoms with van der Waals surface area (Å²) in [6.45, 7) is 2.11. The lowest BCUT2D eigenvalue weighted by Crippen LogP contribution is -2.33. The van der Waals surface area contributed by atoms with Crippen molar-refractivity contribution in [2.45, 2.75) is 50.9 Å². The van der Waals surface area contributed by atoms with Crippen LogP contribution in [0.15, 0.2) is 18.2 Å². The molecule has 3 rings (SSSR count). The minimum absolute atomic E-state index is 0.172. The monoisotopic (exact) mass is 296 g/mol. The molecular formula is C18H20N2O2. The molecule has 1 heterocycles. The first-order valence-electron chi connectivity index (χ1n) is 7.86. The molecule has 0 spiro atoms. The molecule has 0 bridgehead atoms. The smallest absolute Gasteiger partial charge is 0.304 e. The van der Waals surface area contributed by atoms with Crippen molar-refractivity contribution in [2.24, 2.45) is 0 Å². The number of carbonyl (C=O) groups is 1. The Hall–Kier alpha value is -2.28. The van der Waals surface area contributed by atoms with E-state index in [1.165, 1.54) is 5.56 Å². The van der Waals surface area contributed by atoms with Crippen molar-refractivity contribution in [3.63, 3.8) is 0 Å². The van der Waals surface area contributed by atoms with Crippen LogP contribution in [0.4, 0.5) is 0 Å². The summed E-state index contributed by atoms with van der Waals surface area (Å²) in [6.07, 6.45) is 4.93. The Balaban J connectivity index is 2.19. The maximum absolute atomic E-state index is 11.4. The number of nitrogens with one attached hydrogen (secondary N) is 1. The predicted octanol–water partition coefficient (Wildman–Crippen LogP) is 3.89. The number of hydrogen-bond acceptors (Lipinski definition) is 2. The van der Waals surface area contributed by atoms with Gasteiger partial charge in [0.2, 0.25) is 0 Å². The molecule has 1 aliphatic carbocycles. The molecule has 1 atom stereocenters. The molecule has 0 saturated heterocycles. The van der Waals surface area contributed by atoms with E-state index in [-0.39, 0.29) is 11.8 Å². The van der Waals surface area contributed by atoms with E-state index in [9.17, 15) is 9.90 Å². The molecule has 1 aromatic heterocycles. The number of rotatable bonds is 4. The van der Waals surface area contributed by atoms with Gasteiger partial charge in [-0.1, -0.05) is 19.4 Å². The van der Waals surface area contributed by atoms with Crippen LogP contribution in [0.3, 0.4) is 0 Å². The second-order valence-corrected chi connectivity index (χ2v) is 6.31. The van der Waals surface area contributed by atoms with Crippen molar-refractivity contribution in [2.75, 3.05) is 0 Å². The molecule has 1 aromatic carbocycles. The van der Waals surface area contributed by atoms with E-state index in [4.69, 9.17) is 5.26 Å². The van der Waals surface area contributed by atoms with Gasteiger partial charge < -0.3 is 10.1 Å². The van der Waals surface area contributed by atoms with E-state index in [0.29, 0.717) is 5.56 Å². The molecule has 1 unspecified atom stereocenters. The molecule has 0 radical (unpaired) electrons. The van der Waals surface area contributed by atoms with Crippen LogP contribution in [-0.2, 0) is 16.6 Å². The van der Waals surface area contributed by atoms with Crippen molar-refractivity contribution in [1.29, 1.82) is 5.26 Å². The zero-order chi connectivity index (χ0) is 15.7. The highest BCUT2D eigenvalue weighted by Gasteiger charge is 2.39. The number of benzene rings is 1. The zero-order valence-corrected chi connectivity index (χ0v) is 12.8. The topological polar surface area (TPSA) is 76.9 Å². The summed E-state index contributed by atoms with van der Waals surface area (Å²) in [4.78, 5) is 14.9. The van der Waals surface area contributed by atoms with Gasteiger partial charge in [0.05, 0.1) is 18.1 Å². The molecule has 1 aliphatic rings. The number of hydrogen-bond donors (Lipinski definition) is 2. The third-order valence-electron chi connectivity index (χ3n) is 4.87. The fraction of sp³-hybridized carbons (Fsp3) is 0.444. The van der Waals surface area contributed by atoms with Crippen molar-refractivity contribution >= 4 is 16.9 Å². The quantitative estimate of drug-likeness (QED) is 0.898. The number of nitrogens with zero attached hydrogens (tertiary/aromatic N) is 1. The number of carboxylic acids is 1. The second kappa shape index (κ2) is 5.49. The summed E-state index contributed by atoms with van der Waals surface area (Å²) in [5.41, 5.74) is 3.63. The lowest BCUT2D eigenvalue weighted by atomic mass is 9.68. The molecule has 22 heavy (non-hydrogen) atoms. The maximum atomic E-state index is 11.4. The minimum Gasteiger partial charge on any atom is -0.481 e. The maximum Gasteiger partial charge on any atom is 0.304 e. The van der Waals surface area contributed by atoms with Crippen LogP contribution in [-0.4, -0.2) is 16.1 Å². The van der Waals surface area contributed by atoms with E-state index in [1.54, 1.807) is 0 Å². The molecule has 2 N–H and O–H groups in total. The summed E-state index contributed by atoms with van der Waals surface area (Å²) in [6, 6.07) is 7.86. The molecule has 4 nitrogen and oxygen atoms in total.